The molecular formula is C17H18N6O3S. The summed E-state index contributed by atoms with van der Waals surface area (Å²) in [5.41, 5.74) is 6.95. The van der Waals surface area contributed by atoms with Crippen LogP contribution in [0.2, 0.25) is 0 Å². The fourth-order valence-corrected chi connectivity index (χ4v) is 3.56. The molecule has 0 unspecified atom stereocenters. The van der Waals surface area contributed by atoms with E-state index in [1.54, 1.807) is 16.0 Å². The molecule has 4 rings (SSSR count). The number of anilines is 1. The number of thiazole rings is 1. The van der Waals surface area contributed by atoms with Crippen molar-refractivity contribution < 1.29 is 14.3 Å². The van der Waals surface area contributed by atoms with E-state index in [4.69, 9.17) is 4.74 Å². The normalized spacial score (nSPS) is 14.3. The van der Waals surface area contributed by atoms with Gasteiger partial charge in [0.25, 0.3) is 11.8 Å². The third-order valence-corrected chi connectivity index (χ3v) is 5.05. The van der Waals surface area contributed by atoms with E-state index < -0.39 is 11.8 Å². The number of rotatable bonds is 3. The molecule has 1 fully saturated rings. The molecule has 0 saturated carbocycles. The zero-order chi connectivity index (χ0) is 18.8. The standard InChI is InChI=1S/C17H18N6O3S/c1-11-2-3-23-9-12(18-14(23)8-11)15(24)20-21-16(25)13-10-27-17(19-13)22-4-6-26-7-5-22/h2-3,8-10H,4-7H2,1H3,(H,20,24)(H,21,25). The summed E-state index contributed by atoms with van der Waals surface area (Å²) in [7, 11) is 0. The maximum Gasteiger partial charge on any atom is 0.289 e. The molecule has 0 aliphatic carbocycles. The monoisotopic (exact) mass is 386 g/mol. The zero-order valence-electron chi connectivity index (χ0n) is 14.6. The number of nitrogens with one attached hydrogen (secondary N) is 2. The molecule has 2 amide bonds. The summed E-state index contributed by atoms with van der Waals surface area (Å²) >= 11 is 1.39. The number of hydrogen-bond acceptors (Lipinski definition) is 7. The first-order valence-electron chi connectivity index (χ1n) is 8.44. The third-order valence-electron chi connectivity index (χ3n) is 4.14. The Balaban J connectivity index is 1.38. The average molecular weight is 386 g/mol. The molecule has 3 aromatic heterocycles. The predicted octanol–water partition coefficient (Wildman–Crippen LogP) is 1.01. The highest BCUT2D eigenvalue weighted by atomic mass is 32.1. The molecule has 10 heteroatoms. The molecule has 9 nitrogen and oxygen atoms in total. The van der Waals surface area contributed by atoms with Crippen LogP contribution in [0.1, 0.15) is 26.5 Å². The van der Waals surface area contributed by atoms with Crippen LogP contribution >= 0.6 is 11.3 Å². The SMILES string of the molecule is Cc1ccn2cc(C(=O)NNC(=O)c3csc(N4CCOCC4)n3)nc2c1. The Morgan fingerprint density at radius 1 is 1.15 bits per heavy atom. The van der Waals surface area contributed by atoms with Gasteiger partial charge in [0.15, 0.2) is 5.13 Å². The number of ether oxygens (including phenoxy) is 1. The van der Waals surface area contributed by atoms with Gasteiger partial charge in [0.2, 0.25) is 0 Å². The van der Waals surface area contributed by atoms with Crippen LogP contribution < -0.4 is 15.8 Å². The van der Waals surface area contributed by atoms with E-state index in [0.29, 0.717) is 18.9 Å². The van der Waals surface area contributed by atoms with E-state index >= 15 is 0 Å². The molecule has 0 atom stereocenters. The van der Waals surface area contributed by atoms with E-state index in [1.165, 1.54) is 11.3 Å². The first-order valence-corrected chi connectivity index (χ1v) is 9.32. The lowest BCUT2D eigenvalue weighted by molar-refractivity contribution is 0.0842. The van der Waals surface area contributed by atoms with Crippen LogP contribution in [0.3, 0.4) is 0 Å². The molecule has 3 aromatic rings. The Morgan fingerprint density at radius 3 is 2.67 bits per heavy atom. The van der Waals surface area contributed by atoms with Gasteiger partial charge in [0.1, 0.15) is 17.0 Å². The Morgan fingerprint density at radius 2 is 1.89 bits per heavy atom. The Bertz CT molecular complexity index is 992. The van der Waals surface area contributed by atoms with Gasteiger partial charge in [-0.25, -0.2) is 9.97 Å². The van der Waals surface area contributed by atoms with Gasteiger partial charge in [0.05, 0.1) is 13.2 Å². The smallest absolute Gasteiger partial charge is 0.289 e. The summed E-state index contributed by atoms with van der Waals surface area (Å²) < 4.78 is 7.06. The van der Waals surface area contributed by atoms with E-state index in [0.717, 1.165) is 23.8 Å². The second-order valence-corrected chi connectivity index (χ2v) is 6.96. The van der Waals surface area contributed by atoms with E-state index in [2.05, 4.69) is 25.7 Å². The van der Waals surface area contributed by atoms with Crippen LogP contribution in [0.5, 0.6) is 0 Å². The molecule has 140 valence electrons. The van der Waals surface area contributed by atoms with Crippen molar-refractivity contribution >= 4 is 33.9 Å². The number of carbonyl (C=O) groups is 2. The number of fused-ring (bicyclic) bond motifs is 1. The number of amides is 2. The van der Waals surface area contributed by atoms with Crippen LogP contribution in [0.15, 0.2) is 29.9 Å². The topological polar surface area (TPSA) is 101 Å². The van der Waals surface area contributed by atoms with Crippen molar-refractivity contribution in [2.45, 2.75) is 6.92 Å². The van der Waals surface area contributed by atoms with Crippen molar-refractivity contribution in [3.8, 4) is 0 Å². The number of hydrazine groups is 1. The van der Waals surface area contributed by atoms with Crippen LogP contribution in [0, 0.1) is 6.92 Å². The predicted molar refractivity (Wildman–Crippen MR) is 100 cm³/mol. The Labute approximate surface area is 159 Å². The maximum absolute atomic E-state index is 12.2. The van der Waals surface area contributed by atoms with Gasteiger partial charge in [-0.05, 0) is 24.6 Å². The Kier molecular flexibility index (Phi) is 4.73. The van der Waals surface area contributed by atoms with Gasteiger partial charge < -0.3 is 14.0 Å². The molecule has 0 aromatic carbocycles. The molecule has 4 heterocycles. The van der Waals surface area contributed by atoms with Crippen molar-refractivity contribution in [1.29, 1.82) is 0 Å². The maximum atomic E-state index is 12.2. The van der Waals surface area contributed by atoms with E-state index in [1.807, 2.05) is 25.3 Å². The first kappa shape index (κ1) is 17.4. The summed E-state index contributed by atoms with van der Waals surface area (Å²) in [4.78, 5) is 35.2. The minimum Gasteiger partial charge on any atom is -0.378 e. The van der Waals surface area contributed by atoms with Gasteiger partial charge in [-0.2, -0.15) is 0 Å². The molecule has 0 radical (unpaired) electrons. The minimum absolute atomic E-state index is 0.216. The lowest BCUT2D eigenvalue weighted by Gasteiger charge is -2.25. The fraction of sp³-hybridized carbons (Fsp3) is 0.294. The first-order chi connectivity index (χ1) is 13.1. The van der Waals surface area contributed by atoms with Gasteiger partial charge >= 0.3 is 0 Å². The van der Waals surface area contributed by atoms with Crippen molar-refractivity contribution in [2.24, 2.45) is 0 Å². The fourth-order valence-electron chi connectivity index (χ4n) is 2.70. The van der Waals surface area contributed by atoms with Gasteiger partial charge in [-0.3, -0.25) is 20.4 Å². The van der Waals surface area contributed by atoms with Crippen molar-refractivity contribution in [2.75, 3.05) is 31.2 Å². The second-order valence-electron chi connectivity index (χ2n) is 6.12. The number of aryl methyl sites for hydroxylation is 1. The molecule has 27 heavy (non-hydrogen) atoms. The largest absolute Gasteiger partial charge is 0.378 e. The molecule has 0 spiro atoms. The second kappa shape index (κ2) is 7.33. The summed E-state index contributed by atoms with van der Waals surface area (Å²) in [5, 5.41) is 2.44. The van der Waals surface area contributed by atoms with Crippen molar-refractivity contribution in [3.05, 3.63) is 46.9 Å². The third kappa shape index (κ3) is 3.76. The summed E-state index contributed by atoms with van der Waals surface area (Å²) in [6, 6.07) is 3.80. The zero-order valence-corrected chi connectivity index (χ0v) is 15.5. The number of morpholine rings is 1. The summed E-state index contributed by atoms with van der Waals surface area (Å²) in [6.07, 6.45) is 3.44. The van der Waals surface area contributed by atoms with Crippen LogP contribution in [-0.2, 0) is 4.74 Å². The number of imidazole rings is 1. The van der Waals surface area contributed by atoms with Crippen molar-refractivity contribution in [3.63, 3.8) is 0 Å². The van der Waals surface area contributed by atoms with Gasteiger partial charge in [-0.1, -0.05) is 0 Å². The van der Waals surface area contributed by atoms with Gasteiger partial charge in [-0.15, -0.1) is 11.3 Å². The number of aromatic nitrogens is 3. The molecule has 1 saturated heterocycles. The van der Waals surface area contributed by atoms with E-state index in [9.17, 15) is 9.59 Å². The van der Waals surface area contributed by atoms with Crippen molar-refractivity contribution in [1.82, 2.24) is 25.2 Å². The highest BCUT2D eigenvalue weighted by Crippen LogP contribution is 2.21. The van der Waals surface area contributed by atoms with E-state index in [-0.39, 0.29) is 11.4 Å². The summed E-state index contributed by atoms with van der Waals surface area (Å²) in [6.45, 7) is 4.75. The van der Waals surface area contributed by atoms with Crippen LogP contribution in [-0.4, -0.2) is 52.5 Å². The van der Waals surface area contributed by atoms with Crippen LogP contribution in [0.4, 0.5) is 5.13 Å². The summed E-state index contributed by atoms with van der Waals surface area (Å²) in [5.74, 6) is -0.966. The molecule has 0 bridgehead atoms. The molecule has 2 N–H and O–H groups in total. The van der Waals surface area contributed by atoms with Crippen LogP contribution in [0.25, 0.3) is 5.65 Å². The highest BCUT2D eigenvalue weighted by molar-refractivity contribution is 7.13. The van der Waals surface area contributed by atoms with Gasteiger partial charge in [0, 0.05) is 30.9 Å². The lowest BCUT2D eigenvalue weighted by Crippen LogP contribution is -2.42. The Hall–Kier alpha value is -2.98. The molecule has 1 aliphatic rings. The quantitative estimate of drug-likeness (QED) is 0.652. The average Bonchev–Trinajstić information content (AvgIpc) is 3.33. The highest BCUT2D eigenvalue weighted by Gasteiger charge is 2.18. The molecule has 1 aliphatic heterocycles. The number of carbonyl (C=O) groups excluding carboxylic acids is 2. The number of pyridine rings is 1. The minimum atomic E-state index is -0.492. The molecular weight excluding hydrogens is 368 g/mol. The number of nitrogens with zero attached hydrogens (tertiary/aromatic N) is 4. The lowest BCUT2D eigenvalue weighted by atomic mass is 10.3. The number of hydrogen-bond donors (Lipinski definition) is 2.